The van der Waals surface area contributed by atoms with Crippen molar-refractivity contribution in [2.75, 3.05) is 0 Å². The summed E-state index contributed by atoms with van der Waals surface area (Å²) in [5, 5.41) is 8.61. The van der Waals surface area contributed by atoms with Gasteiger partial charge in [-0.1, -0.05) is 6.92 Å². The number of hydrogen-bond donors (Lipinski definition) is 0. The molecule has 1 unspecified atom stereocenters. The predicted octanol–water partition coefficient (Wildman–Crippen LogP) is 1.61. The van der Waals surface area contributed by atoms with Gasteiger partial charge < -0.3 is 4.57 Å². The zero-order valence-electron chi connectivity index (χ0n) is 7.49. The highest BCUT2D eigenvalue weighted by molar-refractivity contribution is 4.93. The van der Waals surface area contributed by atoms with Crippen molar-refractivity contribution in [3.8, 4) is 6.07 Å². The van der Waals surface area contributed by atoms with Crippen LogP contribution in [0.25, 0.3) is 0 Å². The molecule has 0 fully saturated rings. The molecule has 1 heterocycles. The van der Waals surface area contributed by atoms with E-state index in [-0.39, 0.29) is 5.92 Å². The van der Waals surface area contributed by atoms with E-state index in [2.05, 4.69) is 18.0 Å². The number of aryl methyl sites for hydroxylation is 1. The summed E-state index contributed by atoms with van der Waals surface area (Å²) < 4.78 is 2.04. The Morgan fingerprint density at radius 1 is 1.75 bits per heavy atom. The van der Waals surface area contributed by atoms with Crippen molar-refractivity contribution >= 4 is 0 Å². The lowest BCUT2D eigenvalue weighted by Crippen LogP contribution is -2.07. The molecule has 0 radical (unpaired) electrons. The van der Waals surface area contributed by atoms with Gasteiger partial charge in [0, 0.05) is 25.4 Å². The number of nitrogens with zero attached hydrogens (tertiary/aromatic N) is 3. The minimum atomic E-state index is 0.0597. The fourth-order valence-corrected chi connectivity index (χ4v) is 1.16. The zero-order chi connectivity index (χ0) is 8.97. The second kappa shape index (κ2) is 3.91. The van der Waals surface area contributed by atoms with Gasteiger partial charge in [0.2, 0.25) is 0 Å². The van der Waals surface area contributed by atoms with E-state index < -0.39 is 0 Å². The Morgan fingerprint density at radius 3 is 3.08 bits per heavy atom. The van der Waals surface area contributed by atoms with E-state index in [0.717, 1.165) is 18.8 Å². The molecule has 0 aliphatic carbocycles. The van der Waals surface area contributed by atoms with Crippen LogP contribution in [0.5, 0.6) is 0 Å². The lowest BCUT2D eigenvalue weighted by atomic mass is 10.2. The molecule has 0 aliphatic heterocycles. The van der Waals surface area contributed by atoms with Gasteiger partial charge in [0.1, 0.15) is 5.82 Å². The molecule has 64 valence electrons. The SMILES string of the molecule is CCc1nccn1CC(C)C#N. The summed E-state index contributed by atoms with van der Waals surface area (Å²) in [5.41, 5.74) is 0. The van der Waals surface area contributed by atoms with Crippen molar-refractivity contribution in [3.05, 3.63) is 18.2 Å². The Kier molecular flexibility index (Phi) is 2.87. The van der Waals surface area contributed by atoms with Crippen molar-refractivity contribution in [1.82, 2.24) is 9.55 Å². The summed E-state index contributed by atoms with van der Waals surface area (Å²) in [6, 6.07) is 2.21. The summed E-state index contributed by atoms with van der Waals surface area (Å²) in [6.07, 6.45) is 4.63. The molecule has 0 saturated carbocycles. The predicted molar refractivity (Wildman–Crippen MR) is 46.4 cm³/mol. The van der Waals surface area contributed by atoms with Crippen LogP contribution in [-0.4, -0.2) is 9.55 Å². The first-order valence-electron chi connectivity index (χ1n) is 4.17. The number of imidazole rings is 1. The molecule has 0 bridgehead atoms. The Labute approximate surface area is 72.7 Å². The van der Waals surface area contributed by atoms with Gasteiger partial charge in [-0.3, -0.25) is 0 Å². The second-order valence-electron chi connectivity index (χ2n) is 2.88. The summed E-state index contributed by atoms with van der Waals surface area (Å²) >= 11 is 0. The zero-order valence-corrected chi connectivity index (χ0v) is 7.49. The number of rotatable bonds is 3. The summed E-state index contributed by atoms with van der Waals surface area (Å²) in [4.78, 5) is 4.18. The number of nitriles is 1. The summed E-state index contributed by atoms with van der Waals surface area (Å²) in [6.45, 7) is 4.73. The standard InChI is InChI=1S/C9H13N3/c1-3-9-11-4-5-12(9)7-8(2)6-10/h4-5,8H,3,7H2,1-2H3. The quantitative estimate of drug-likeness (QED) is 0.679. The van der Waals surface area contributed by atoms with Crippen molar-refractivity contribution < 1.29 is 0 Å². The largest absolute Gasteiger partial charge is 0.334 e. The number of aromatic nitrogens is 2. The van der Waals surface area contributed by atoms with Gasteiger partial charge in [0.25, 0.3) is 0 Å². The first kappa shape index (κ1) is 8.79. The van der Waals surface area contributed by atoms with Crippen LogP contribution in [0.4, 0.5) is 0 Å². The molecule has 0 amide bonds. The van der Waals surface area contributed by atoms with Crippen LogP contribution in [0.1, 0.15) is 19.7 Å². The lowest BCUT2D eigenvalue weighted by molar-refractivity contribution is 0.559. The first-order chi connectivity index (χ1) is 5.77. The Balaban J connectivity index is 2.69. The Hall–Kier alpha value is -1.30. The monoisotopic (exact) mass is 163 g/mol. The molecule has 0 spiro atoms. The molecule has 0 saturated heterocycles. The summed E-state index contributed by atoms with van der Waals surface area (Å²) in [5.74, 6) is 1.11. The normalized spacial score (nSPS) is 12.4. The smallest absolute Gasteiger partial charge is 0.108 e. The van der Waals surface area contributed by atoms with Gasteiger partial charge in [-0.2, -0.15) is 5.26 Å². The molecule has 12 heavy (non-hydrogen) atoms. The highest BCUT2D eigenvalue weighted by atomic mass is 15.1. The van der Waals surface area contributed by atoms with E-state index >= 15 is 0 Å². The van der Waals surface area contributed by atoms with E-state index in [1.54, 1.807) is 6.20 Å². The molecule has 1 rings (SSSR count). The fourth-order valence-electron chi connectivity index (χ4n) is 1.16. The van der Waals surface area contributed by atoms with Crippen molar-refractivity contribution in [3.63, 3.8) is 0 Å². The van der Waals surface area contributed by atoms with Gasteiger partial charge in [-0.15, -0.1) is 0 Å². The van der Waals surface area contributed by atoms with Gasteiger partial charge in [-0.05, 0) is 6.92 Å². The van der Waals surface area contributed by atoms with Gasteiger partial charge in [-0.25, -0.2) is 4.98 Å². The van der Waals surface area contributed by atoms with E-state index in [4.69, 9.17) is 5.26 Å². The van der Waals surface area contributed by atoms with Crippen molar-refractivity contribution in [2.45, 2.75) is 26.8 Å². The van der Waals surface area contributed by atoms with E-state index in [9.17, 15) is 0 Å². The summed E-state index contributed by atoms with van der Waals surface area (Å²) in [7, 11) is 0. The average Bonchev–Trinajstić information content (AvgIpc) is 2.51. The fraction of sp³-hybridized carbons (Fsp3) is 0.556. The molecule has 0 aromatic carbocycles. The Bertz CT molecular complexity index is 282. The van der Waals surface area contributed by atoms with Crippen molar-refractivity contribution in [2.24, 2.45) is 5.92 Å². The van der Waals surface area contributed by atoms with Gasteiger partial charge >= 0.3 is 0 Å². The van der Waals surface area contributed by atoms with Crippen molar-refractivity contribution in [1.29, 1.82) is 5.26 Å². The van der Waals surface area contributed by atoms with E-state index in [1.165, 1.54) is 0 Å². The number of hydrogen-bond acceptors (Lipinski definition) is 2. The molecule has 0 aliphatic rings. The molecule has 1 aromatic rings. The third kappa shape index (κ3) is 1.85. The van der Waals surface area contributed by atoms with Crippen LogP contribution in [0, 0.1) is 17.2 Å². The molecule has 1 atom stereocenters. The maximum Gasteiger partial charge on any atom is 0.108 e. The average molecular weight is 163 g/mol. The lowest BCUT2D eigenvalue weighted by Gasteiger charge is -2.06. The maximum absolute atomic E-state index is 8.61. The van der Waals surface area contributed by atoms with E-state index in [1.807, 2.05) is 17.7 Å². The molecule has 3 heteroatoms. The van der Waals surface area contributed by atoms with Gasteiger partial charge in [0.15, 0.2) is 0 Å². The molecule has 3 nitrogen and oxygen atoms in total. The molecular weight excluding hydrogens is 150 g/mol. The van der Waals surface area contributed by atoms with Gasteiger partial charge in [0.05, 0.1) is 12.0 Å². The topological polar surface area (TPSA) is 41.6 Å². The van der Waals surface area contributed by atoms with Crippen LogP contribution in [-0.2, 0) is 13.0 Å². The van der Waals surface area contributed by atoms with Crippen LogP contribution < -0.4 is 0 Å². The highest BCUT2D eigenvalue weighted by Gasteiger charge is 2.04. The first-order valence-corrected chi connectivity index (χ1v) is 4.17. The third-order valence-corrected chi connectivity index (χ3v) is 1.81. The molecule has 0 N–H and O–H groups in total. The molecular formula is C9H13N3. The minimum Gasteiger partial charge on any atom is -0.334 e. The van der Waals surface area contributed by atoms with E-state index in [0.29, 0.717) is 0 Å². The maximum atomic E-state index is 8.61. The minimum absolute atomic E-state index is 0.0597. The second-order valence-corrected chi connectivity index (χ2v) is 2.88. The van der Waals surface area contributed by atoms with Crippen LogP contribution in [0.3, 0.4) is 0 Å². The third-order valence-electron chi connectivity index (χ3n) is 1.81. The van der Waals surface area contributed by atoms with Crippen LogP contribution in [0.15, 0.2) is 12.4 Å². The molecule has 1 aromatic heterocycles. The Morgan fingerprint density at radius 2 is 2.50 bits per heavy atom. The van der Waals surface area contributed by atoms with Crippen LogP contribution >= 0.6 is 0 Å². The highest BCUT2D eigenvalue weighted by Crippen LogP contribution is 2.03. The van der Waals surface area contributed by atoms with Crippen LogP contribution in [0.2, 0.25) is 0 Å².